The molecule has 0 saturated carbocycles. The van der Waals surface area contributed by atoms with Gasteiger partial charge in [0.15, 0.2) is 18.4 Å². The van der Waals surface area contributed by atoms with Crippen LogP contribution in [0.25, 0.3) is 0 Å². The van der Waals surface area contributed by atoms with Crippen LogP contribution >= 0.6 is 22.9 Å². The first-order valence-corrected chi connectivity index (χ1v) is 12.8. The summed E-state index contributed by atoms with van der Waals surface area (Å²) in [4.78, 5) is 31.4. The Morgan fingerprint density at radius 2 is 2.00 bits per heavy atom. The third-order valence-corrected chi connectivity index (χ3v) is 7.56. The number of hydrogen-bond donors (Lipinski definition) is 0. The minimum Gasteiger partial charge on any atom is -0.467 e. The molecule has 2 aliphatic rings. The molecule has 0 spiro atoms. The Balaban J connectivity index is 1.12. The molecule has 0 bridgehead atoms. The van der Waals surface area contributed by atoms with E-state index in [4.69, 9.17) is 26.2 Å². The summed E-state index contributed by atoms with van der Waals surface area (Å²) in [6, 6.07) is 8.20. The molecule has 0 aliphatic carbocycles. The fraction of sp³-hybridized carbons (Fsp3) is 0.375. The summed E-state index contributed by atoms with van der Waals surface area (Å²) in [5.41, 5.74) is 1.32. The molecule has 3 aromatic rings. The Bertz CT molecular complexity index is 1310. The van der Waals surface area contributed by atoms with Crippen LogP contribution in [0, 0.1) is 0 Å². The number of oxime groups is 1. The predicted molar refractivity (Wildman–Crippen MR) is 130 cm³/mol. The summed E-state index contributed by atoms with van der Waals surface area (Å²) in [6.45, 7) is 0.600. The number of alkyl halides is 3. The average molecular weight is 552 g/mol. The Hall–Kier alpha value is -3.25. The van der Waals surface area contributed by atoms with Crippen molar-refractivity contribution in [1.29, 1.82) is 0 Å². The average Bonchev–Trinajstić information content (AvgIpc) is 3.58. The van der Waals surface area contributed by atoms with Gasteiger partial charge in [-0.25, -0.2) is 15.0 Å². The maximum Gasteiger partial charge on any atom is 0.433 e. The normalized spacial score (nSPS) is 18.4. The largest absolute Gasteiger partial charge is 0.467 e. The van der Waals surface area contributed by atoms with E-state index in [1.54, 1.807) is 16.2 Å². The number of aromatic nitrogens is 3. The van der Waals surface area contributed by atoms with E-state index in [0.717, 1.165) is 41.1 Å². The van der Waals surface area contributed by atoms with Gasteiger partial charge in [0.25, 0.3) is 5.91 Å². The molecule has 2 aliphatic heterocycles. The van der Waals surface area contributed by atoms with Crippen LogP contribution in [0.2, 0.25) is 5.02 Å². The van der Waals surface area contributed by atoms with E-state index in [2.05, 4.69) is 15.1 Å². The molecule has 5 rings (SSSR count). The van der Waals surface area contributed by atoms with E-state index in [-0.39, 0.29) is 23.8 Å². The molecule has 8 nitrogen and oxygen atoms in total. The van der Waals surface area contributed by atoms with Crippen LogP contribution in [-0.4, -0.2) is 51.2 Å². The summed E-state index contributed by atoms with van der Waals surface area (Å²) in [7, 11) is 0. The van der Waals surface area contributed by atoms with Gasteiger partial charge in [-0.15, -0.1) is 11.3 Å². The molecule has 1 unspecified atom stereocenters. The van der Waals surface area contributed by atoms with Crippen LogP contribution in [-0.2, 0) is 15.8 Å². The molecule has 4 heterocycles. The van der Waals surface area contributed by atoms with Gasteiger partial charge >= 0.3 is 6.18 Å². The van der Waals surface area contributed by atoms with E-state index in [1.165, 1.54) is 0 Å². The predicted octanol–water partition coefficient (Wildman–Crippen LogP) is 5.26. The van der Waals surface area contributed by atoms with Crippen LogP contribution in [0.4, 0.5) is 13.2 Å². The molecule has 13 heteroatoms. The van der Waals surface area contributed by atoms with Crippen molar-refractivity contribution in [3.05, 3.63) is 69.0 Å². The third kappa shape index (κ3) is 5.85. The number of ether oxygens (including phenoxy) is 1. The molecule has 1 saturated heterocycles. The van der Waals surface area contributed by atoms with Gasteiger partial charge in [0.05, 0.1) is 10.7 Å². The summed E-state index contributed by atoms with van der Waals surface area (Å²) in [5.74, 6) is -0.410. The van der Waals surface area contributed by atoms with Crippen molar-refractivity contribution in [2.24, 2.45) is 5.16 Å². The minimum atomic E-state index is -4.61. The second-order valence-corrected chi connectivity index (χ2v) is 9.91. The number of carbonyl (C=O) groups excluding carboxylic acids is 1. The second-order valence-electron chi connectivity index (χ2n) is 8.61. The van der Waals surface area contributed by atoms with Crippen molar-refractivity contribution in [1.82, 2.24) is 19.9 Å². The highest BCUT2D eigenvalue weighted by Gasteiger charge is 2.33. The van der Waals surface area contributed by atoms with Crippen molar-refractivity contribution in [3.63, 3.8) is 0 Å². The molecule has 37 heavy (non-hydrogen) atoms. The van der Waals surface area contributed by atoms with E-state index in [0.29, 0.717) is 30.6 Å². The van der Waals surface area contributed by atoms with Crippen molar-refractivity contribution >= 4 is 34.6 Å². The number of piperidine rings is 1. The number of nitrogens with zero attached hydrogens (tertiary/aromatic N) is 5. The zero-order chi connectivity index (χ0) is 26.0. The molecule has 1 atom stereocenters. The summed E-state index contributed by atoms with van der Waals surface area (Å²) >= 11 is 7.84. The molecule has 0 radical (unpaired) electrons. The van der Waals surface area contributed by atoms with Crippen molar-refractivity contribution in [3.8, 4) is 5.88 Å². The van der Waals surface area contributed by atoms with Gasteiger partial charge in [-0.3, -0.25) is 4.79 Å². The molecular weight excluding hydrogens is 531 g/mol. The highest BCUT2D eigenvalue weighted by molar-refractivity contribution is 7.10. The highest BCUT2D eigenvalue weighted by atomic mass is 35.5. The fourth-order valence-corrected chi connectivity index (χ4v) is 5.47. The first-order valence-electron chi connectivity index (χ1n) is 11.5. The van der Waals surface area contributed by atoms with Gasteiger partial charge in [0.1, 0.15) is 12.0 Å². The molecule has 1 fully saturated rings. The number of halogens is 4. The monoisotopic (exact) mass is 551 g/mol. The van der Waals surface area contributed by atoms with Crippen LogP contribution < -0.4 is 4.74 Å². The minimum absolute atomic E-state index is 0.196. The lowest BCUT2D eigenvalue weighted by atomic mass is 9.97. The summed E-state index contributed by atoms with van der Waals surface area (Å²) in [6.07, 6.45) is -2.08. The Labute approximate surface area is 219 Å². The van der Waals surface area contributed by atoms with E-state index in [9.17, 15) is 18.0 Å². The van der Waals surface area contributed by atoms with E-state index < -0.39 is 18.5 Å². The third-order valence-electron chi connectivity index (χ3n) is 6.21. The number of thiazole rings is 1. The van der Waals surface area contributed by atoms with Gasteiger partial charge in [-0.05, 0) is 18.9 Å². The van der Waals surface area contributed by atoms with Crippen LogP contribution in [0.5, 0.6) is 5.88 Å². The second kappa shape index (κ2) is 10.6. The molecular formula is C24H21ClF3N5O3S. The summed E-state index contributed by atoms with van der Waals surface area (Å²) < 4.78 is 43.5. The molecule has 0 N–H and O–H groups in total. The van der Waals surface area contributed by atoms with Crippen LogP contribution in [0.3, 0.4) is 0 Å². The van der Waals surface area contributed by atoms with Gasteiger partial charge in [-0.2, -0.15) is 13.2 Å². The number of benzene rings is 1. The Kier molecular flexibility index (Phi) is 7.29. The molecule has 1 aromatic carbocycles. The maximum absolute atomic E-state index is 12.8. The number of carbonyl (C=O) groups is 1. The first-order chi connectivity index (χ1) is 17.8. The lowest BCUT2D eigenvalue weighted by Gasteiger charge is -2.31. The van der Waals surface area contributed by atoms with Crippen molar-refractivity contribution < 1.29 is 27.5 Å². The smallest absolute Gasteiger partial charge is 0.433 e. The Morgan fingerprint density at radius 1 is 1.22 bits per heavy atom. The number of hydrogen-bond acceptors (Lipinski definition) is 8. The SMILES string of the molecule is O=C(COc1cc(C(F)(F)F)ncn1)N1CCC(c2nc(C3=NOC(c4ccccc4Cl)C3)cs2)CC1. The van der Waals surface area contributed by atoms with Gasteiger partial charge in [0.2, 0.25) is 5.88 Å². The lowest BCUT2D eigenvalue weighted by molar-refractivity contribution is -0.141. The zero-order valence-electron chi connectivity index (χ0n) is 19.3. The molecule has 2 aromatic heterocycles. The quantitative estimate of drug-likeness (QED) is 0.415. The van der Waals surface area contributed by atoms with Gasteiger partial charge < -0.3 is 14.5 Å². The van der Waals surface area contributed by atoms with Gasteiger partial charge in [-0.1, -0.05) is 35.0 Å². The highest BCUT2D eigenvalue weighted by Crippen LogP contribution is 2.36. The number of amides is 1. The van der Waals surface area contributed by atoms with Crippen molar-refractivity contribution in [2.45, 2.75) is 37.5 Å². The van der Waals surface area contributed by atoms with Crippen molar-refractivity contribution in [2.75, 3.05) is 19.7 Å². The Morgan fingerprint density at radius 3 is 2.76 bits per heavy atom. The molecule has 1 amide bonds. The first kappa shape index (κ1) is 25.4. The maximum atomic E-state index is 12.8. The molecule has 194 valence electrons. The fourth-order valence-electron chi connectivity index (χ4n) is 4.22. The lowest BCUT2D eigenvalue weighted by Crippen LogP contribution is -2.40. The number of likely N-dealkylation sites (tertiary alicyclic amines) is 1. The standard InChI is InChI=1S/C24H21ClF3N5O3S/c25-16-4-2-1-3-15(16)19-9-17(32-36-19)18-12-37-23(31-18)14-5-7-33(8-6-14)22(34)11-35-21-10-20(24(26,27)28)29-13-30-21/h1-4,10,12-14,19H,5-9,11H2. The zero-order valence-corrected chi connectivity index (χ0v) is 20.9. The van der Waals surface area contributed by atoms with E-state index in [1.807, 2.05) is 29.6 Å². The van der Waals surface area contributed by atoms with Crippen LogP contribution in [0.1, 0.15) is 53.2 Å². The topological polar surface area (TPSA) is 89.8 Å². The van der Waals surface area contributed by atoms with E-state index >= 15 is 0 Å². The van der Waals surface area contributed by atoms with Crippen LogP contribution in [0.15, 0.2) is 47.2 Å². The summed E-state index contributed by atoms with van der Waals surface area (Å²) in [5, 5.41) is 7.81. The van der Waals surface area contributed by atoms with Gasteiger partial charge in [0, 0.05) is 47.5 Å². The number of rotatable bonds is 6.